The molecule has 2 heterocycles. The first kappa shape index (κ1) is 12.3. The fourth-order valence-electron chi connectivity index (χ4n) is 2.13. The van der Waals surface area contributed by atoms with E-state index in [2.05, 4.69) is 0 Å². The van der Waals surface area contributed by atoms with Gasteiger partial charge in [-0.3, -0.25) is 9.69 Å². The van der Waals surface area contributed by atoms with Gasteiger partial charge in [-0.25, -0.2) is 4.79 Å². The highest BCUT2D eigenvalue weighted by Crippen LogP contribution is 2.37. The van der Waals surface area contributed by atoms with Gasteiger partial charge >= 0.3 is 5.97 Å². The number of benzene rings is 1. The lowest BCUT2D eigenvalue weighted by atomic mass is 10.1. The van der Waals surface area contributed by atoms with Crippen LogP contribution in [-0.4, -0.2) is 27.9 Å². The first-order valence-corrected chi connectivity index (χ1v) is 7.15. The molecule has 1 amide bonds. The highest BCUT2D eigenvalue weighted by Gasteiger charge is 2.43. The van der Waals surface area contributed by atoms with E-state index >= 15 is 0 Å². The van der Waals surface area contributed by atoms with Crippen LogP contribution >= 0.6 is 11.8 Å². The third-order valence-corrected chi connectivity index (χ3v) is 4.27. The molecule has 0 radical (unpaired) electrons. The Morgan fingerprint density at radius 1 is 1.37 bits per heavy atom. The molecule has 1 unspecified atom stereocenters. The molecule has 0 spiro atoms. The summed E-state index contributed by atoms with van der Waals surface area (Å²) in [6.07, 6.45) is 2.29. The Balaban J connectivity index is 1.64. The van der Waals surface area contributed by atoms with Gasteiger partial charge in [0.15, 0.2) is 0 Å². The standard InChI is InChI=1S/C14H13NO3S/c16-12-8-13-15(12)11(6-7-19-13)14(17)18-9-10-4-2-1-3-5-10/h1-6,13H,7-9H2. The van der Waals surface area contributed by atoms with Crippen molar-refractivity contribution in [3.63, 3.8) is 0 Å². The number of fused-ring (bicyclic) bond motifs is 1. The van der Waals surface area contributed by atoms with E-state index in [0.717, 1.165) is 11.3 Å². The van der Waals surface area contributed by atoms with Crippen LogP contribution < -0.4 is 0 Å². The van der Waals surface area contributed by atoms with Crippen LogP contribution in [0.4, 0.5) is 0 Å². The average molecular weight is 275 g/mol. The number of esters is 1. The largest absolute Gasteiger partial charge is 0.456 e. The maximum Gasteiger partial charge on any atom is 0.355 e. The first-order chi connectivity index (χ1) is 9.25. The predicted octanol–water partition coefficient (Wildman–Crippen LogP) is 1.92. The molecule has 1 aromatic rings. The van der Waals surface area contributed by atoms with Crippen LogP contribution in [0.2, 0.25) is 0 Å². The number of carbonyl (C=O) groups excluding carboxylic acids is 2. The first-order valence-electron chi connectivity index (χ1n) is 6.10. The van der Waals surface area contributed by atoms with Crippen molar-refractivity contribution in [3.05, 3.63) is 47.7 Å². The number of ether oxygens (including phenoxy) is 1. The Hall–Kier alpha value is -1.75. The van der Waals surface area contributed by atoms with Gasteiger partial charge in [-0.1, -0.05) is 30.3 Å². The molecule has 19 heavy (non-hydrogen) atoms. The van der Waals surface area contributed by atoms with E-state index in [-0.39, 0.29) is 17.9 Å². The molecule has 5 heteroatoms. The molecule has 1 fully saturated rings. The molecule has 2 aliphatic rings. The quantitative estimate of drug-likeness (QED) is 0.624. The molecule has 0 aliphatic carbocycles. The second-order valence-corrected chi connectivity index (χ2v) is 5.62. The van der Waals surface area contributed by atoms with Gasteiger partial charge in [0.25, 0.3) is 0 Å². The summed E-state index contributed by atoms with van der Waals surface area (Å²) in [6.45, 7) is 0.233. The van der Waals surface area contributed by atoms with Gasteiger partial charge in [0.1, 0.15) is 12.3 Å². The molecule has 98 valence electrons. The molecule has 1 atom stereocenters. The number of amides is 1. The number of thioether (sulfide) groups is 1. The van der Waals surface area contributed by atoms with E-state index in [1.165, 1.54) is 0 Å². The summed E-state index contributed by atoms with van der Waals surface area (Å²) in [5.41, 5.74) is 1.34. The number of carbonyl (C=O) groups is 2. The Bertz CT molecular complexity index is 541. The summed E-state index contributed by atoms with van der Waals surface area (Å²) < 4.78 is 5.26. The highest BCUT2D eigenvalue weighted by molar-refractivity contribution is 8.00. The van der Waals surface area contributed by atoms with Crippen molar-refractivity contribution in [1.82, 2.24) is 4.90 Å². The number of hydrogen-bond donors (Lipinski definition) is 0. The Morgan fingerprint density at radius 3 is 2.89 bits per heavy atom. The van der Waals surface area contributed by atoms with Gasteiger partial charge in [0.05, 0.1) is 11.8 Å². The Kier molecular flexibility index (Phi) is 3.29. The lowest BCUT2D eigenvalue weighted by molar-refractivity contribution is -0.150. The minimum Gasteiger partial charge on any atom is -0.456 e. The topological polar surface area (TPSA) is 46.6 Å². The van der Waals surface area contributed by atoms with Crippen LogP contribution in [0.1, 0.15) is 12.0 Å². The van der Waals surface area contributed by atoms with Crippen molar-refractivity contribution < 1.29 is 14.3 Å². The SMILES string of the molecule is O=C(OCc1ccccc1)C1=CCSC2CC(=O)N12. The highest BCUT2D eigenvalue weighted by atomic mass is 32.2. The second kappa shape index (κ2) is 5.09. The molecule has 0 bridgehead atoms. The van der Waals surface area contributed by atoms with Crippen molar-refractivity contribution in [2.75, 3.05) is 5.75 Å². The smallest absolute Gasteiger partial charge is 0.355 e. The number of nitrogens with zero attached hydrogens (tertiary/aromatic N) is 1. The molecular formula is C14H13NO3S. The van der Waals surface area contributed by atoms with Crippen LogP contribution in [0.3, 0.4) is 0 Å². The molecule has 1 saturated heterocycles. The van der Waals surface area contributed by atoms with E-state index < -0.39 is 5.97 Å². The summed E-state index contributed by atoms with van der Waals surface area (Å²) in [7, 11) is 0. The number of β-lactam (4-membered cyclic amide) rings is 1. The van der Waals surface area contributed by atoms with E-state index in [1.807, 2.05) is 30.3 Å². The average Bonchev–Trinajstić information content (AvgIpc) is 2.44. The zero-order valence-electron chi connectivity index (χ0n) is 10.2. The normalized spacial score (nSPS) is 21.3. The van der Waals surface area contributed by atoms with Crippen molar-refractivity contribution in [1.29, 1.82) is 0 Å². The molecule has 0 aromatic heterocycles. The summed E-state index contributed by atoms with van der Waals surface area (Å²) in [4.78, 5) is 25.1. The number of rotatable bonds is 3. The maximum atomic E-state index is 12.0. The van der Waals surface area contributed by atoms with Crippen molar-refractivity contribution in [2.24, 2.45) is 0 Å². The van der Waals surface area contributed by atoms with Crippen LogP contribution in [-0.2, 0) is 20.9 Å². The maximum absolute atomic E-state index is 12.0. The molecule has 0 N–H and O–H groups in total. The van der Waals surface area contributed by atoms with Crippen molar-refractivity contribution in [2.45, 2.75) is 18.4 Å². The van der Waals surface area contributed by atoms with Crippen LogP contribution in [0.15, 0.2) is 42.1 Å². The van der Waals surface area contributed by atoms with Gasteiger partial charge in [-0.05, 0) is 11.6 Å². The zero-order chi connectivity index (χ0) is 13.2. The second-order valence-electron chi connectivity index (χ2n) is 4.41. The van der Waals surface area contributed by atoms with Crippen molar-refractivity contribution >= 4 is 23.6 Å². The van der Waals surface area contributed by atoms with Gasteiger partial charge in [0, 0.05) is 5.75 Å². The van der Waals surface area contributed by atoms with Crippen molar-refractivity contribution in [3.8, 4) is 0 Å². The predicted molar refractivity (Wildman–Crippen MR) is 72.0 cm³/mol. The molecule has 0 saturated carbocycles. The van der Waals surface area contributed by atoms with E-state index in [9.17, 15) is 9.59 Å². The third kappa shape index (κ3) is 2.38. The lowest BCUT2D eigenvalue weighted by Crippen LogP contribution is -2.53. The summed E-state index contributed by atoms with van der Waals surface area (Å²) in [5, 5.41) is 0.122. The fraction of sp³-hybridized carbons (Fsp3) is 0.286. The monoisotopic (exact) mass is 275 g/mol. The molecule has 4 nitrogen and oxygen atoms in total. The van der Waals surface area contributed by atoms with Crippen LogP contribution in [0.5, 0.6) is 0 Å². The minimum absolute atomic E-state index is 0.000103. The van der Waals surface area contributed by atoms with Gasteiger partial charge < -0.3 is 4.74 Å². The Morgan fingerprint density at radius 2 is 2.16 bits per heavy atom. The summed E-state index contributed by atoms with van der Waals surface area (Å²) >= 11 is 1.67. The van der Waals surface area contributed by atoms with Gasteiger partial charge in [-0.15, -0.1) is 11.8 Å². The van der Waals surface area contributed by atoms with Crippen LogP contribution in [0, 0.1) is 0 Å². The minimum atomic E-state index is -0.415. The van der Waals surface area contributed by atoms with Gasteiger partial charge in [0.2, 0.25) is 5.91 Å². The molecule has 2 aliphatic heterocycles. The summed E-state index contributed by atoms with van der Waals surface area (Å²) in [6, 6.07) is 9.50. The van der Waals surface area contributed by atoms with E-state index in [1.54, 1.807) is 22.7 Å². The van der Waals surface area contributed by atoms with Crippen LogP contribution in [0.25, 0.3) is 0 Å². The lowest BCUT2D eigenvalue weighted by Gasteiger charge is -2.42. The third-order valence-electron chi connectivity index (χ3n) is 3.15. The number of hydrogen-bond acceptors (Lipinski definition) is 4. The molecular weight excluding hydrogens is 262 g/mol. The van der Waals surface area contributed by atoms with E-state index in [0.29, 0.717) is 12.1 Å². The fourth-order valence-corrected chi connectivity index (χ4v) is 3.24. The summed E-state index contributed by atoms with van der Waals surface area (Å²) in [5.74, 6) is 0.340. The van der Waals surface area contributed by atoms with Gasteiger partial charge in [-0.2, -0.15) is 0 Å². The van der Waals surface area contributed by atoms with E-state index in [4.69, 9.17) is 4.74 Å². The molecule has 1 aromatic carbocycles. The zero-order valence-corrected chi connectivity index (χ0v) is 11.1. The molecule has 3 rings (SSSR count). The Labute approximate surface area is 115 Å².